The highest BCUT2D eigenvalue weighted by molar-refractivity contribution is 5.96. The van der Waals surface area contributed by atoms with E-state index in [0.29, 0.717) is 29.0 Å². The van der Waals surface area contributed by atoms with E-state index < -0.39 is 5.63 Å². The summed E-state index contributed by atoms with van der Waals surface area (Å²) in [5.74, 6) is 0.309. The van der Waals surface area contributed by atoms with Gasteiger partial charge in [0.2, 0.25) is 5.91 Å². The summed E-state index contributed by atoms with van der Waals surface area (Å²) in [6, 6.07) is 7.37. The van der Waals surface area contributed by atoms with Crippen LogP contribution in [0.4, 0.5) is 5.82 Å². The fourth-order valence-corrected chi connectivity index (χ4v) is 3.37. The molecule has 4 rings (SSSR count). The average Bonchev–Trinajstić information content (AvgIpc) is 3.00. The number of benzene rings is 1. The molecule has 0 spiro atoms. The predicted molar refractivity (Wildman–Crippen MR) is 108 cm³/mol. The molecule has 1 aromatic carbocycles. The van der Waals surface area contributed by atoms with Gasteiger partial charge in [0, 0.05) is 35.0 Å². The van der Waals surface area contributed by atoms with Crippen LogP contribution < -0.4 is 10.9 Å². The number of nitrogens with one attached hydrogen (secondary N) is 1. The maximum Gasteiger partial charge on any atom is 0.339 e. The molecule has 0 fully saturated rings. The first-order chi connectivity index (χ1) is 13.4. The molecular weight excluding hydrogens is 356 g/mol. The number of nitrogens with zero attached hydrogens (tertiary/aromatic N) is 1. The molecule has 4 aromatic rings. The SMILES string of the molecule is Cc1ccnc(NC(=O)CCc2c(C)c3cc4c(C)coc4cc3oc2=O)c1. The second-order valence-electron chi connectivity index (χ2n) is 7.02. The number of carbonyl (C=O) groups excluding carboxylic acids is 1. The third kappa shape index (κ3) is 3.29. The molecule has 0 unspecified atom stereocenters. The van der Waals surface area contributed by atoms with Gasteiger partial charge in [-0.3, -0.25) is 4.79 Å². The van der Waals surface area contributed by atoms with Crippen LogP contribution in [-0.2, 0) is 11.2 Å². The van der Waals surface area contributed by atoms with E-state index in [2.05, 4.69) is 10.3 Å². The zero-order valence-corrected chi connectivity index (χ0v) is 16.0. The van der Waals surface area contributed by atoms with Crippen LogP contribution in [-0.4, -0.2) is 10.9 Å². The smallest absolute Gasteiger partial charge is 0.339 e. The van der Waals surface area contributed by atoms with E-state index in [9.17, 15) is 9.59 Å². The fraction of sp³-hybridized carbons (Fsp3) is 0.227. The molecule has 142 valence electrons. The third-order valence-electron chi connectivity index (χ3n) is 4.96. The minimum Gasteiger partial charge on any atom is -0.464 e. The minimum absolute atomic E-state index is 0.166. The lowest BCUT2D eigenvalue weighted by atomic mass is 10.0. The molecule has 3 aromatic heterocycles. The van der Waals surface area contributed by atoms with E-state index in [1.54, 1.807) is 24.6 Å². The van der Waals surface area contributed by atoms with Crippen molar-refractivity contribution in [3.8, 4) is 0 Å². The Balaban J connectivity index is 1.61. The van der Waals surface area contributed by atoms with E-state index in [1.165, 1.54) is 0 Å². The van der Waals surface area contributed by atoms with Crippen LogP contribution in [0.1, 0.15) is 28.7 Å². The van der Waals surface area contributed by atoms with Gasteiger partial charge in [-0.2, -0.15) is 0 Å². The number of amides is 1. The Morgan fingerprint density at radius 3 is 2.71 bits per heavy atom. The Bertz CT molecular complexity index is 1270. The number of rotatable bonds is 4. The van der Waals surface area contributed by atoms with Crippen molar-refractivity contribution in [1.82, 2.24) is 4.98 Å². The topological polar surface area (TPSA) is 85.3 Å². The molecule has 1 amide bonds. The molecule has 0 aliphatic heterocycles. The van der Waals surface area contributed by atoms with Crippen molar-refractivity contribution in [1.29, 1.82) is 0 Å². The third-order valence-corrected chi connectivity index (χ3v) is 4.96. The van der Waals surface area contributed by atoms with Crippen molar-refractivity contribution < 1.29 is 13.6 Å². The predicted octanol–water partition coefficient (Wildman–Crippen LogP) is 4.43. The van der Waals surface area contributed by atoms with E-state index in [0.717, 1.165) is 27.5 Å². The summed E-state index contributed by atoms with van der Waals surface area (Å²) in [4.78, 5) is 28.9. The Morgan fingerprint density at radius 2 is 1.93 bits per heavy atom. The number of furan rings is 1. The fourth-order valence-electron chi connectivity index (χ4n) is 3.37. The quantitative estimate of drug-likeness (QED) is 0.533. The van der Waals surface area contributed by atoms with Crippen molar-refractivity contribution in [2.75, 3.05) is 5.32 Å². The van der Waals surface area contributed by atoms with Crippen LogP contribution in [0.3, 0.4) is 0 Å². The summed E-state index contributed by atoms with van der Waals surface area (Å²) in [5.41, 5.74) is 4.13. The molecule has 28 heavy (non-hydrogen) atoms. The number of hydrogen-bond acceptors (Lipinski definition) is 5. The molecule has 3 heterocycles. The summed E-state index contributed by atoms with van der Waals surface area (Å²) < 4.78 is 11.0. The first-order valence-electron chi connectivity index (χ1n) is 9.09. The number of hydrogen-bond donors (Lipinski definition) is 1. The normalized spacial score (nSPS) is 11.2. The minimum atomic E-state index is -0.422. The summed E-state index contributed by atoms with van der Waals surface area (Å²) in [5, 5.41) is 4.60. The van der Waals surface area contributed by atoms with Crippen molar-refractivity contribution in [3.05, 3.63) is 69.4 Å². The zero-order chi connectivity index (χ0) is 19.8. The lowest BCUT2D eigenvalue weighted by Crippen LogP contribution is -2.17. The molecule has 1 N–H and O–H groups in total. The maximum atomic E-state index is 12.5. The number of fused-ring (bicyclic) bond motifs is 2. The van der Waals surface area contributed by atoms with Gasteiger partial charge in [0.15, 0.2) is 0 Å². The highest BCUT2D eigenvalue weighted by Crippen LogP contribution is 2.29. The zero-order valence-electron chi connectivity index (χ0n) is 16.0. The summed E-state index contributed by atoms with van der Waals surface area (Å²) in [6.45, 7) is 5.78. The van der Waals surface area contributed by atoms with E-state index in [1.807, 2.05) is 32.9 Å². The Morgan fingerprint density at radius 1 is 1.11 bits per heavy atom. The summed E-state index contributed by atoms with van der Waals surface area (Å²) in [7, 11) is 0. The van der Waals surface area contributed by atoms with Gasteiger partial charge < -0.3 is 14.2 Å². The van der Waals surface area contributed by atoms with Gasteiger partial charge in [0.05, 0.1) is 6.26 Å². The Labute approximate surface area is 161 Å². The lowest BCUT2D eigenvalue weighted by molar-refractivity contribution is -0.116. The van der Waals surface area contributed by atoms with Crippen LogP contribution in [0.2, 0.25) is 0 Å². The summed E-state index contributed by atoms with van der Waals surface area (Å²) in [6.07, 6.45) is 3.79. The molecule has 6 heteroatoms. The van der Waals surface area contributed by atoms with Crippen LogP contribution in [0.25, 0.3) is 21.9 Å². The molecule has 6 nitrogen and oxygen atoms in total. The van der Waals surface area contributed by atoms with Crippen LogP contribution >= 0.6 is 0 Å². The second-order valence-corrected chi connectivity index (χ2v) is 7.02. The van der Waals surface area contributed by atoms with Gasteiger partial charge in [-0.15, -0.1) is 0 Å². The molecule has 0 aliphatic carbocycles. The van der Waals surface area contributed by atoms with E-state index in [-0.39, 0.29) is 12.3 Å². The molecule has 0 bridgehead atoms. The monoisotopic (exact) mass is 376 g/mol. The van der Waals surface area contributed by atoms with Crippen molar-refractivity contribution >= 4 is 33.7 Å². The molecule has 0 aliphatic rings. The van der Waals surface area contributed by atoms with Crippen molar-refractivity contribution in [2.24, 2.45) is 0 Å². The van der Waals surface area contributed by atoms with E-state index >= 15 is 0 Å². The highest BCUT2D eigenvalue weighted by Gasteiger charge is 2.15. The number of aromatic nitrogens is 1. The van der Waals surface area contributed by atoms with Crippen LogP contribution in [0.15, 0.2) is 50.4 Å². The Kier molecular flexibility index (Phi) is 4.47. The number of carbonyl (C=O) groups is 1. The standard InChI is InChI=1S/C22H20N2O4/c1-12-6-7-23-20(8-12)24-21(25)5-4-15-14(3)17-9-16-13(2)11-27-18(16)10-19(17)28-22(15)26/h6-11H,4-5H2,1-3H3,(H,23,24,25). The number of anilines is 1. The van der Waals surface area contributed by atoms with Gasteiger partial charge in [0.25, 0.3) is 0 Å². The van der Waals surface area contributed by atoms with Gasteiger partial charge in [-0.1, -0.05) is 0 Å². The molecule has 0 atom stereocenters. The lowest BCUT2D eigenvalue weighted by Gasteiger charge is -2.09. The highest BCUT2D eigenvalue weighted by atomic mass is 16.4. The van der Waals surface area contributed by atoms with E-state index in [4.69, 9.17) is 8.83 Å². The van der Waals surface area contributed by atoms with Crippen molar-refractivity contribution in [3.63, 3.8) is 0 Å². The van der Waals surface area contributed by atoms with Gasteiger partial charge in [-0.05, 0) is 62.1 Å². The van der Waals surface area contributed by atoms with Gasteiger partial charge >= 0.3 is 5.63 Å². The number of pyridine rings is 1. The van der Waals surface area contributed by atoms with Crippen molar-refractivity contribution in [2.45, 2.75) is 33.6 Å². The molecule has 0 saturated carbocycles. The largest absolute Gasteiger partial charge is 0.464 e. The number of aryl methyl sites for hydroxylation is 3. The Hall–Kier alpha value is -3.41. The second kappa shape index (κ2) is 6.96. The average molecular weight is 376 g/mol. The van der Waals surface area contributed by atoms with Gasteiger partial charge in [-0.25, -0.2) is 9.78 Å². The van der Waals surface area contributed by atoms with Crippen LogP contribution in [0.5, 0.6) is 0 Å². The molecule has 0 radical (unpaired) electrons. The first kappa shape index (κ1) is 18.0. The molecule has 0 saturated heterocycles. The summed E-state index contributed by atoms with van der Waals surface area (Å²) >= 11 is 0. The van der Waals surface area contributed by atoms with Crippen LogP contribution in [0, 0.1) is 20.8 Å². The first-order valence-corrected chi connectivity index (χ1v) is 9.09. The van der Waals surface area contributed by atoms with Gasteiger partial charge in [0.1, 0.15) is 17.0 Å². The molecular formula is C22H20N2O4. The maximum absolute atomic E-state index is 12.5.